The number of nitrogens with one attached hydrogen (secondary N) is 1. The Hall–Kier alpha value is -1.84. The molecule has 4 nitrogen and oxygen atoms in total. The predicted molar refractivity (Wildman–Crippen MR) is 72.6 cm³/mol. The first-order chi connectivity index (χ1) is 8.63. The van der Waals surface area contributed by atoms with Gasteiger partial charge in [0, 0.05) is 6.42 Å². The highest BCUT2D eigenvalue weighted by molar-refractivity contribution is 5.99. The molecule has 0 saturated heterocycles. The Morgan fingerprint density at radius 2 is 1.94 bits per heavy atom. The number of phenolic OH excluding ortho intramolecular Hbond substituents is 1. The summed E-state index contributed by atoms with van der Waals surface area (Å²) in [5, 5.41) is 13.2. The second-order valence-corrected chi connectivity index (χ2v) is 4.24. The number of amides is 1. The molecule has 0 unspecified atom stereocenters. The van der Waals surface area contributed by atoms with Crippen molar-refractivity contribution in [1.82, 2.24) is 5.43 Å². The number of carbonyl (C=O) groups is 1. The van der Waals surface area contributed by atoms with Crippen molar-refractivity contribution in [1.29, 1.82) is 0 Å². The van der Waals surface area contributed by atoms with Gasteiger partial charge in [-0.2, -0.15) is 5.10 Å². The van der Waals surface area contributed by atoms with Gasteiger partial charge in [-0.1, -0.05) is 19.8 Å². The van der Waals surface area contributed by atoms with Crippen molar-refractivity contribution >= 4 is 11.6 Å². The molecular weight excluding hydrogens is 228 g/mol. The molecule has 4 heteroatoms. The predicted octanol–water partition coefficient (Wildman–Crippen LogP) is 2.81. The smallest absolute Gasteiger partial charge is 0.240 e. The van der Waals surface area contributed by atoms with E-state index in [1.807, 2.05) is 6.92 Å². The van der Waals surface area contributed by atoms with E-state index in [0.717, 1.165) is 30.5 Å². The topological polar surface area (TPSA) is 61.7 Å². The van der Waals surface area contributed by atoms with Crippen LogP contribution in [0.15, 0.2) is 29.4 Å². The molecule has 0 fully saturated rings. The zero-order valence-electron chi connectivity index (χ0n) is 10.9. The molecule has 0 radical (unpaired) electrons. The molecule has 0 aliphatic carbocycles. The van der Waals surface area contributed by atoms with Gasteiger partial charge < -0.3 is 5.11 Å². The number of rotatable bonds is 6. The number of hydrogen-bond donors (Lipinski definition) is 2. The van der Waals surface area contributed by atoms with Gasteiger partial charge in [-0.05, 0) is 43.2 Å². The minimum Gasteiger partial charge on any atom is -0.508 e. The summed E-state index contributed by atoms with van der Waals surface area (Å²) >= 11 is 0. The lowest BCUT2D eigenvalue weighted by Crippen LogP contribution is -2.18. The van der Waals surface area contributed by atoms with E-state index < -0.39 is 0 Å². The molecule has 0 heterocycles. The van der Waals surface area contributed by atoms with Crippen LogP contribution in [0.1, 0.15) is 45.1 Å². The molecule has 2 N–H and O–H groups in total. The Balaban J connectivity index is 2.46. The van der Waals surface area contributed by atoms with Crippen LogP contribution in [-0.2, 0) is 4.79 Å². The number of phenols is 1. The van der Waals surface area contributed by atoms with Gasteiger partial charge in [0.15, 0.2) is 0 Å². The standard InChI is InChI=1S/C14H20N2O2/c1-3-4-5-6-14(18)16-15-11(2)12-7-9-13(17)10-8-12/h7-10,17H,3-6H2,1-2H3,(H,16,18). The SMILES string of the molecule is CCCCCC(=O)NN=C(C)c1ccc(O)cc1. The maximum atomic E-state index is 11.4. The van der Waals surface area contributed by atoms with Crippen LogP contribution in [0.2, 0.25) is 0 Å². The second kappa shape index (κ2) is 7.48. The summed E-state index contributed by atoms with van der Waals surface area (Å²) in [6, 6.07) is 6.71. The maximum Gasteiger partial charge on any atom is 0.240 e. The number of hydrogen-bond acceptors (Lipinski definition) is 3. The summed E-state index contributed by atoms with van der Waals surface area (Å²) in [7, 11) is 0. The molecule has 0 aliphatic heterocycles. The average Bonchev–Trinajstić information content (AvgIpc) is 2.37. The van der Waals surface area contributed by atoms with Crippen LogP contribution in [0.5, 0.6) is 5.75 Å². The van der Waals surface area contributed by atoms with Gasteiger partial charge in [-0.25, -0.2) is 5.43 Å². The van der Waals surface area contributed by atoms with Crippen LogP contribution in [0.3, 0.4) is 0 Å². The van der Waals surface area contributed by atoms with E-state index in [0.29, 0.717) is 6.42 Å². The van der Waals surface area contributed by atoms with Crippen molar-refractivity contribution in [2.24, 2.45) is 5.10 Å². The summed E-state index contributed by atoms with van der Waals surface area (Å²) in [5.74, 6) is 0.164. The molecule has 1 amide bonds. The van der Waals surface area contributed by atoms with Gasteiger partial charge in [0.25, 0.3) is 0 Å². The second-order valence-electron chi connectivity index (χ2n) is 4.24. The monoisotopic (exact) mass is 248 g/mol. The van der Waals surface area contributed by atoms with Crippen LogP contribution in [0.25, 0.3) is 0 Å². The highest BCUT2D eigenvalue weighted by Crippen LogP contribution is 2.10. The van der Waals surface area contributed by atoms with Crippen molar-refractivity contribution in [3.63, 3.8) is 0 Å². The number of unbranched alkanes of at least 4 members (excludes halogenated alkanes) is 2. The lowest BCUT2D eigenvalue weighted by atomic mass is 10.1. The Labute approximate surface area is 108 Å². The normalized spacial score (nSPS) is 11.3. The van der Waals surface area contributed by atoms with Gasteiger partial charge in [-0.3, -0.25) is 4.79 Å². The first kappa shape index (κ1) is 14.2. The van der Waals surface area contributed by atoms with E-state index in [4.69, 9.17) is 5.11 Å². The molecule has 98 valence electrons. The molecule has 1 aromatic carbocycles. The number of carbonyl (C=O) groups excluding carboxylic acids is 1. The van der Waals surface area contributed by atoms with Crippen molar-refractivity contribution in [3.8, 4) is 5.75 Å². The van der Waals surface area contributed by atoms with Crippen LogP contribution >= 0.6 is 0 Å². The van der Waals surface area contributed by atoms with E-state index in [9.17, 15) is 4.79 Å². The number of hydrazone groups is 1. The van der Waals surface area contributed by atoms with Gasteiger partial charge >= 0.3 is 0 Å². The molecular formula is C14H20N2O2. The van der Waals surface area contributed by atoms with E-state index in [-0.39, 0.29) is 11.7 Å². The lowest BCUT2D eigenvalue weighted by Gasteiger charge is -2.03. The van der Waals surface area contributed by atoms with Crippen LogP contribution < -0.4 is 5.43 Å². The number of nitrogens with zero attached hydrogens (tertiary/aromatic N) is 1. The van der Waals surface area contributed by atoms with Gasteiger partial charge in [0.2, 0.25) is 5.91 Å². The average molecular weight is 248 g/mol. The molecule has 0 bridgehead atoms. The van der Waals surface area contributed by atoms with Gasteiger partial charge in [0.1, 0.15) is 5.75 Å². The summed E-state index contributed by atoms with van der Waals surface area (Å²) in [5.41, 5.74) is 4.14. The fourth-order valence-corrected chi connectivity index (χ4v) is 1.50. The minimum atomic E-state index is -0.0541. The Kier molecular flexibility index (Phi) is 5.91. The van der Waals surface area contributed by atoms with E-state index in [1.54, 1.807) is 24.3 Å². The minimum absolute atomic E-state index is 0.0541. The van der Waals surface area contributed by atoms with Crippen LogP contribution in [-0.4, -0.2) is 16.7 Å². The molecule has 0 atom stereocenters. The maximum absolute atomic E-state index is 11.4. The third-order valence-electron chi connectivity index (χ3n) is 2.64. The molecule has 1 aromatic rings. The zero-order valence-corrected chi connectivity index (χ0v) is 10.9. The summed E-state index contributed by atoms with van der Waals surface area (Å²) in [6.45, 7) is 3.92. The highest BCUT2D eigenvalue weighted by atomic mass is 16.3. The largest absolute Gasteiger partial charge is 0.508 e. The van der Waals surface area contributed by atoms with Crippen molar-refractivity contribution < 1.29 is 9.90 Å². The van der Waals surface area contributed by atoms with E-state index in [1.165, 1.54) is 0 Å². The highest BCUT2D eigenvalue weighted by Gasteiger charge is 2.01. The molecule has 0 aliphatic rings. The van der Waals surface area contributed by atoms with E-state index >= 15 is 0 Å². The Bertz CT molecular complexity index is 410. The Morgan fingerprint density at radius 1 is 1.28 bits per heavy atom. The van der Waals surface area contributed by atoms with E-state index in [2.05, 4.69) is 17.5 Å². The van der Waals surface area contributed by atoms with Crippen LogP contribution in [0, 0.1) is 0 Å². The first-order valence-corrected chi connectivity index (χ1v) is 6.26. The van der Waals surface area contributed by atoms with Crippen molar-refractivity contribution in [3.05, 3.63) is 29.8 Å². The Morgan fingerprint density at radius 3 is 2.56 bits per heavy atom. The van der Waals surface area contributed by atoms with Gasteiger partial charge in [-0.15, -0.1) is 0 Å². The van der Waals surface area contributed by atoms with Crippen LogP contribution in [0.4, 0.5) is 0 Å². The first-order valence-electron chi connectivity index (χ1n) is 6.26. The number of aromatic hydroxyl groups is 1. The fraction of sp³-hybridized carbons (Fsp3) is 0.429. The quantitative estimate of drug-likeness (QED) is 0.462. The molecule has 0 spiro atoms. The molecule has 0 aromatic heterocycles. The summed E-state index contributed by atoms with van der Waals surface area (Å²) in [4.78, 5) is 11.4. The van der Waals surface area contributed by atoms with Crippen molar-refractivity contribution in [2.45, 2.75) is 39.5 Å². The summed E-state index contributed by atoms with van der Waals surface area (Å²) in [6.07, 6.45) is 3.58. The van der Waals surface area contributed by atoms with Crippen molar-refractivity contribution in [2.75, 3.05) is 0 Å². The summed E-state index contributed by atoms with van der Waals surface area (Å²) < 4.78 is 0. The third-order valence-corrected chi connectivity index (χ3v) is 2.64. The molecule has 1 rings (SSSR count). The molecule has 0 saturated carbocycles. The molecule has 18 heavy (non-hydrogen) atoms. The third kappa shape index (κ3) is 4.99. The van der Waals surface area contributed by atoms with Gasteiger partial charge in [0.05, 0.1) is 5.71 Å². The fourth-order valence-electron chi connectivity index (χ4n) is 1.50. The number of benzene rings is 1. The zero-order chi connectivity index (χ0) is 13.4. The lowest BCUT2D eigenvalue weighted by molar-refractivity contribution is -0.121.